The van der Waals surface area contributed by atoms with Gasteiger partial charge in [0.05, 0.1) is 28.2 Å². The van der Waals surface area contributed by atoms with Crippen LogP contribution in [0.4, 0.5) is 4.79 Å². The van der Waals surface area contributed by atoms with Crippen LogP contribution in [0.5, 0.6) is 0 Å². The Morgan fingerprint density at radius 3 is 2.38 bits per heavy atom. The number of nitrogens with one attached hydrogen (secondary N) is 3. The Morgan fingerprint density at radius 2 is 1.82 bits per heavy atom. The maximum absolute atomic E-state index is 13.6. The van der Waals surface area contributed by atoms with Gasteiger partial charge in [0.2, 0.25) is 17.7 Å². The average molecular weight is 560 g/mol. The molecule has 0 spiro atoms. The summed E-state index contributed by atoms with van der Waals surface area (Å²) in [5, 5.41) is 26.8. The van der Waals surface area contributed by atoms with Crippen molar-refractivity contribution in [3.8, 4) is 10.4 Å². The zero-order chi connectivity index (χ0) is 28.9. The minimum atomic E-state index is -1.24. The summed E-state index contributed by atoms with van der Waals surface area (Å²) in [4.78, 5) is 56.7. The monoisotopic (exact) mass is 559 g/mol. The molecule has 1 saturated heterocycles. The molecule has 3 rings (SSSR count). The minimum absolute atomic E-state index is 0.0305. The molecule has 11 nitrogen and oxygen atoms in total. The van der Waals surface area contributed by atoms with Gasteiger partial charge in [0.25, 0.3) is 0 Å². The maximum atomic E-state index is 13.6. The number of aliphatic hydroxyl groups excluding tert-OH is 1. The van der Waals surface area contributed by atoms with Crippen LogP contribution in [-0.2, 0) is 14.4 Å². The Morgan fingerprint density at radius 1 is 1.15 bits per heavy atom. The predicted molar refractivity (Wildman–Crippen MR) is 147 cm³/mol. The van der Waals surface area contributed by atoms with Crippen LogP contribution >= 0.6 is 11.3 Å². The van der Waals surface area contributed by atoms with E-state index in [4.69, 9.17) is 5.11 Å². The number of likely N-dealkylation sites (tertiary alicyclic amines) is 1. The highest BCUT2D eigenvalue weighted by atomic mass is 32.1. The van der Waals surface area contributed by atoms with E-state index in [0.29, 0.717) is 0 Å². The Balaban J connectivity index is 1.69. The van der Waals surface area contributed by atoms with Crippen molar-refractivity contribution in [2.24, 2.45) is 5.41 Å². The van der Waals surface area contributed by atoms with Crippen LogP contribution in [0.2, 0.25) is 0 Å². The van der Waals surface area contributed by atoms with Crippen molar-refractivity contribution >= 4 is 35.2 Å². The number of carbonyl (C=O) groups excluding carboxylic acids is 3. The molecule has 2 unspecified atom stereocenters. The molecule has 4 atom stereocenters. The highest BCUT2D eigenvalue weighted by Gasteiger charge is 2.44. The van der Waals surface area contributed by atoms with Crippen molar-refractivity contribution < 1.29 is 29.4 Å². The number of aliphatic hydroxyl groups is 1. The zero-order valence-electron chi connectivity index (χ0n) is 22.9. The molecular weight excluding hydrogens is 522 g/mol. The number of hydrogen-bond acceptors (Lipinski definition) is 7. The molecule has 1 fully saturated rings. The molecule has 4 amide bonds. The van der Waals surface area contributed by atoms with Crippen molar-refractivity contribution in [2.45, 2.75) is 71.7 Å². The van der Waals surface area contributed by atoms with Gasteiger partial charge >= 0.3 is 6.09 Å². The van der Waals surface area contributed by atoms with E-state index < -0.39 is 41.5 Å². The van der Waals surface area contributed by atoms with Gasteiger partial charge in [-0.2, -0.15) is 0 Å². The Bertz CT molecular complexity index is 1190. The lowest BCUT2D eigenvalue weighted by atomic mass is 9.85. The predicted octanol–water partition coefficient (Wildman–Crippen LogP) is 2.45. The molecule has 5 N–H and O–H groups in total. The molecule has 1 aliphatic rings. The van der Waals surface area contributed by atoms with E-state index in [9.17, 15) is 24.3 Å². The Labute approximate surface area is 232 Å². The van der Waals surface area contributed by atoms with Gasteiger partial charge < -0.3 is 31.1 Å². The number of aromatic nitrogens is 1. The molecule has 212 valence electrons. The standard InChI is InChI=1S/C27H37N5O6S/c1-15(17-6-8-18(9-7-17)22-16(2)29-14-39-22)30-24(35)20-12-19(33)13-32(20)25(36)23(27(3,4)5)31-21(34)10-11-28-26(37)38/h6-9,14-15,19-20,23,28,33H,10-13H2,1-5H3,(H,30,35)(H,31,34)(H,37,38)/t15?,19-,20+,23?/m1/s1. The molecule has 0 radical (unpaired) electrons. The molecule has 1 aromatic carbocycles. The van der Waals surface area contributed by atoms with Crippen LogP contribution in [0.1, 0.15) is 57.8 Å². The number of hydrogen-bond donors (Lipinski definition) is 5. The van der Waals surface area contributed by atoms with Crippen LogP contribution in [-0.4, -0.2) is 75.2 Å². The number of nitrogens with zero attached hydrogens (tertiary/aromatic N) is 2. The van der Waals surface area contributed by atoms with Crippen LogP contribution in [0.15, 0.2) is 29.8 Å². The molecule has 2 aromatic rings. The summed E-state index contributed by atoms with van der Waals surface area (Å²) < 4.78 is 0. The van der Waals surface area contributed by atoms with Crippen molar-refractivity contribution in [1.29, 1.82) is 0 Å². The maximum Gasteiger partial charge on any atom is 0.404 e. The molecule has 1 aromatic heterocycles. The number of thiazole rings is 1. The third-order valence-electron chi connectivity index (χ3n) is 6.69. The van der Waals surface area contributed by atoms with Crippen molar-refractivity contribution in [2.75, 3.05) is 13.1 Å². The molecular formula is C27H37N5O6S. The van der Waals surface area contributed by atoms with Gasteiger partial charge in [0, 0.05) is 25.9 Å². The summed E-state index contributed by atoms with van der Waals surface area (Å²) in [6, 6.07) is 5.63. The molecule has 12 heteroatoms. The second kappa shape index (κ2) is 12.6. The lowest BCUT2D eigenvalue weighted by molar-refractivity contribution is -0.144. The smallest absolute Gasteiger partial charge is 0.404 e. The summed E-state index contributed by atoms with van der Waals surface area (Å²) in [6.45, 7) is 9.04. The van der Waals surface area contributed by atoms with Gasteiger partial charge in [-0.25, -0.2) is 9.78 Å². The SMILES string of the molecule is Cc1ncsc1-c1ccc(C(C)NC(=O)[C@@H]2C[C@@H](O)CN2C(=O)C(NC(=O)CCNC(=O)O)C(C)(C)C)cc1. The first-order chi connectivity index (χ1) is 18.3. The van der Waals surface area contributed by atoms with Gasteiger partial charge in [-0.15, -0.1) is 11.3 Å². The zero-order valence-corrected chi connectivity index (χ0v) is 23.7. The van der Waals surface area contributed by atoms with Crippen molar-refractivity contribution in [3.05, 3.63) is 41.0 Å². The summed E-state index contributed by atoms with van der Waals surface area (Å²) in [5.74, 6) is -1.36. The summed E-state index contributed by atoms with van der Waals surface area (Å²) in [7, 11) is 0. The first kappa shape index (κ1) is 30.0. The first-order valence-electron chi connectivity index (χ1n) is 12.8. The summed E-state index contributed by atoms with van der Waals surface area (Å²) in [6.07, 6.45) is -2.18. The molecule has 0 bridgehead atoms. The molecule has 2 heterocycles. The Kier molecular flexibility index (Phi) is 9.68. The number of benzene rings is 1. The number of rotatable bonds is 9. The molecule has 0 aliphatic carbocycles. The van der Waals surface area contributed by atoms with Gasteiger partial charge in [0.1, 0.15) is 12.1 Å². The normalized spacial score (nSPS) is 18.8. The van der Waals surface area contributed by atoms with Crippen LogP contribution < -0.4 is 16.0 Å². The second-order valence-electron chi connectivity index (χ2n) is 10.9. The van der Waals surface area contributed by atoms with E-state index >= 15 is 0 Å². The molecule has 0 saturated carbocycles. The fourth-order valence-electron chi connectivity index (χ4n) is 4.53. The number of carbonyl (C=O) groups is 4. The van der Waals surface area contributed by atoms with Crippen LogP contribution in [0, 0.1) is 12.3 Å². The average Bonchev–Trinajstić information content (AvgIpc) is 3.46. The minimum Gasteiger partial charge on any atom is -0.465 e. The third kappa shape index (κ3) is 7.76. The lowest BCUT2D eigenvalue weighted by Crippen LogP contribution is -2.58. The van der Waals surface area contributed by atoms with E-state index in [0.717, 1.165) is 21.7 Å². The van der Waals surface area contributed by atoms with Crippen molar-refractivity contribution in [3.63, 3.8) is 0 Å². The van der Waals surface area contributed by atoms with Gasteiger partial charge in [-0.05, 0) is 30.4 Å². The van der Waals surface area contributed by atoms with E-state index in [-0.39, 0.29) is 37.9 Å². The van der Waals surface area contributed by atoms with Crippen LogP contribution in [0.3, 0.4) is 0 Å². The third-order valence-corrected chi connectivity index (χ3v) is 7.67. The number of β-amino-alcohol motifs (C(OH)–C–C–N with tert-alkyl or cyclic N) is 1. The quantitative estimate of drug-likeness (QED) is 0.315. The van der Waals surface area contributed by atoms with E-state index in [1.165, 1.54) is 4.90 Å². The summed E-state index contributed by atoms with van der Waals surface area (Å²) in [5.41, 5.74) is 3.99. The highest BCUT2D eigenvalue weighted by molar-refractivity contribution is 7.13. The fourth-order valence-corrected chi connectivity index (χ4v) is 5.34. The second-order valence-corrected chi connectivity index (χ2v) is 11.7. The van der Waals surface area contributed by atoms with E-state index in [2.05, 4.69) is 20.9 Å². The van der Waals surface area contributed by atoms with E-state index in [1.807, 2.05) is 38.1 Å². The molecule has 1 aliphatic heterocycles. The highest BCUT2D eigenvalue weighted by Crippen LogP contribution is 2.29. The van der Waals surface area contributed by atoms with Gasteiger partial charge in [0.15, 0.2) is 0 Å². The summed E-state index contributed by atoms with van der Waals surface area (Å²) >= 11 is 1.56. The Hall–Kier alpha value is -3.51. The number of carboxylic acid groups (broad SMARTS) is 1. The van der Waals surface area contributed by atoms with Gasteiger partial charge in [-0.1, -0.05) is 45.0 Å². The topological polar surface area (TPSA) is 161 Å². The number of amides is 4. The van der Waals surface area contributed by atoms with Gasteiger partial charge in [-0.3, -0.25) is 14.4 Å². The largest absolute Gasteiger partial charge is 0.465 e. The first-order valence-corrected chi connectivity index (χ1v) is 13.7. The number of aryl methyl sites for hydroxylation is 1. The van der Waals surface area contributed by atoms with Crippen molar-refractivity contribution in [1.82, 2.24) is 25.8 Å². The van der Waals surface area contributed by atoms with Crippen LogP contribution in [0.25, 0.3) is 10.4 Å². The van der Waals surface area contributed by atoms with E-state index in [1.54, 1.807) is 37.6 Å². The molecule has 39 heavy (non-hydrogen) atoms. The lowest BCUT2D eigenvalue weighted by Gasteiger charge is -2.35. The fraction of sp³-hybridized carbons (Fsp3) is 0.519.